The highest BCUT2D eigenvalue weighted by Gasteiger charge is 2.31. The van der Waals surface area contributed by atoms with E-state index in [0.29, 0.717) is 34.3 Å². The van der Waals surface area contributed by atoms with Crippen molar-refractivity contribution in [1.29, 1.82) is 0 Å². The standard InChI is InChI=1S/C18H10F3NO2/c19-18(20,21)11-8-9-13(22-10-11)12-4-3-7-16-17(12)24-15-6-2-1-5-14(15)23-16/h1-10H. The molecule has 0 amide bonds. The zero-order valence-electron chi connectivity index (χ0n) is 12.2. The lowest BCUT2D eigenvalue weighted by atomic mass is 10.1. The first kappa shape index (κ1) is 14.6. The van der Waals surface area contributed by atoms with Crippen molar-refractivity contribution in [3.63, 3.8) is 0 Å². The number of para-hydroxylation sites is 3. The molecule has 0 radical (unpaired) electrons. The maximum absolute atomic E-state index is 12.7. The quantitative estimate of drug-likeness (QED) is 0.451. The Morgan fingerprint density at radius 2 is 1.46 bits per heavy atom. The van der Waals surface area contributed by atoms with Gasteiger partial charge in [0.05, 0.1) is 11.3 Å². The van der Waals surface area contributed by atoms with Gasteiger partial charge in [0.15, 0.2) is 23.0 Å². The number of pyridine rings is 1. The van der Waals surface area contributed by atoms with E-state index in [1.54, 1.807) is 30.3 Å². The fraction of sp³-hybridized carbons (Fsp3) is 0.0556. The number of fused-ring (bicyclic) bond motifs is 2. The van der Waals surface area contributed by atoms with Crippen molar-refractivity contribution < 1.29 is 22.6 Å². The van der Waals surface area contributed by atoms with Crippen LogP contribution < -0.4 is 9.47 Å². The van der Waals surface area contributed by atoms with Crippen LogP contribution in [0.1, 0.15) is 5.56 Å². The highest BCUT2D eigenvalue weighted by atomic mass is 19.4. The molecule has 1 aromatic heterocycles. The fourth-order valence-electron chi connectivity index (χ4n) is 2.47. The minimum absolute atomic E-state index is 0.378. The Balaban J connectivity index is 1.76. The Hall–Kier alpha value is -3.02. The van der Waals surface area contributed by atoms with Gasteiger partial charge in [0, 0.05) is 11.8 Å². The van der Waals surface area contributed by atoms with Crippen LogP contribution in [0.4, 0.5) is 13.2 Å². The van der Waals surface area contributed by atoms with Gasteiger partial charge in [-0.15, -0.1) is 0 Å². The summed E-state index contributed by atoms with van der Waals surface area (Å²) in [6.07, 6.45) is -3.60. The number of aromatic nitrogens is 1. The Morgan fingerprint density at radius 3 is 2.12 bits per heavy atom. The number of hydrogen-bond donors (Lipinski definition) is 0. The van der Waals surface area contributed by atoms with E-state index in [0.717, 1.165) is 12.3 Å². The molecule has 6 heteroatoms. The van der Waals surface area contributed by atoms with E-state index < -0.39 is 11.7 Å². The minimum Gasteiger partial charge on any atom is -0.449 e. The topological polar surface area (TPSA) is 31.4 Å². The lowest BCUT2D eigenvalue weighted by Gasteiger charge is -2.22. The Bertz CT molecular complexity index is 905. The highest BCUT2D eigenvalue weighted by Crippen LogP contribution is 2.49. The number of halogens is 3. The van der Waals surface area contributed by atoms with Crippen molar-refractivity contribution in [3.05, 3.63) is 66.4 Å². The second kappa shape index (κ2) is 5.26. The van der Waals surface area contributed by atoms with Gasteiger partial charge in [-0.05, 0) is 36.4 Å². The second-order valence-corrected chi connectivity index (χ2v) is 5.21. The summed E-state index contributed by atoms with van der Waals surface area (Å²) in [6, 6.07) is 14.7. The lowest BCUT2D eigenvalue weighted by Crippen LogP contribution is -2.05. The molecule has 4 rings (SSSR count). The molecule has 2 aromatic carbocycles. The van der Waals surface area contributed by atoms with Gasteiger partial charge in [-0.2, -0.15) is 13.2 Å². The van der Waals surface area contributed by atoms with E-state index in [1.807, 2.05) is 12.1 Å². The van der Waals surface area contributed by atoms with E-state index in [-0.39, 0.29) is 0 Å². The molecule has 0 saturated carbocycles. The van der Waals surface area contributed by atoms with Crippen molar-refractivity contribution in [2.45, 2.75) is 6.18 Å². The van der Waals surface area contributed by atoms with E-state index in [2.05, 4.69) is 4.98 Å². The summed E-state index contributed by atoms with van der Waals surface area (Å²) < 4.78 is 49.7. The van der Waals surface area contributed by atoms with Gasteiger partial charge in [0.25, 0.3) is 0 Å². The zero-order chi connectivity index (χ0) is 16.7. The fourth-order valence-corrected chi connectivity index (χ4v) is 2.47. The van der Waals surface area contributed by atoms with Gasteiger partial charge >= 0.3 is 6.18 Å². The Labute approximate surface area is 135 Å². The third-order valence-electron chi connectivity index (χ3n) is 3.63. The van der Waals surface area contributed by atoms with Crippen LogP contribution in [0, 0.1) is 0 Å². The number of ether oxygens (including phenoxy) is 2. The first-order chi connectivity index (χ1) is 11.5. The van der Waals surface area contributed by atoms with Crippen molar-refractivity contribution in [2.75, 3.05) is 0 Å². The molecule has 0 saturated heterocycles. The Morgan fingerprint density at radius 1 is 0.750 bits per heavy atom. The normalized spacial score (nSPS) is 12.6. The van der Waals surface area contributed by atoms with Crippen LogP contribution in [-0.4, -0.2) is 4.98 Å². The van der Waals surface area contributed by atoms with E-state index >= 15 is 0 Å². The smallest absolute Gasteiger partial charge is 0.417 e. The molecule has 120 valence electrons. The molecule has 0 unspecified atom stereocenters. The number of rotatable bonds is 1. The average molecular weight is 329 g/mol. The molecular formula is C18H10F3NO2. The van der Waals surface area contributed by atoms with Gasteiger partial charge in [-0.25, -0.2) is 0 Å². The molecule has 3 nitrogen and oxygen atoms in total. The van der Waals surface area contributed by atoms with Gasteiger partial charge in [0.2, 0.25) is 0 Å². The van der Waals surface area contributed by atoms with E-state index in [1.165, 1.54) is 6.07 Å². The van der Waals surface area contributed by atoms with Crippen molar-refractivity contribution in [3.8, 4) is 34.3 Å². The highest BCUT2D eigenvalue weighted by molar-refractivity contribution is 5.73. The van der Waals surface area contributed by atoms with Crippen LogP contribution in [0.3, 0.4) is 0 Å². The Kier molecular flexibility index (Phi) is 3.19. The molecular weight excluding hydrogens is 319 g/mol. The number of benzene rings is 2. The van der Waals surface area contributed by atoms with Crippen molar-refractivity contribution in [2.24, 2.45) is 0 Å². The molecule has 24 heavy (non-hydrogen) atoms. The summed E-state index contributed by atoms with van der Waals surface area (Å²) in [4.78, 5) is 3.92. The van der Waals surface area contributed by atoms with Crippen LogP contribution in [0.5, 0.6) is 23.0 Å². The van der Waals surface area contributed by atoms with Crippen LogP contribution in [-0.2, 0) is 6.18 Å². The van der Waals surface area contributed by atoms with E-state index in [4.69, 9.17) is 9.47 Å². The van der Waals surface area contributed by atoms with Crippen LogP contribution in [0.25, 0.3) is 11.3 Å². The van der Waals surface area contributed by atoms with Gasteiger partial charge in [-0.3, -0.25) is 4.98 Å². The first-order valence-electron chi connectivity index (χ1n) is 7.14. The molecule has 1 aliphatic heterocycles. The largest absolute Gasteiger partial charge is 0.449 e. The van der Waals surface area contributed by atoms with Gasteiger partial charge in [-0.1, -0.05) is 18.2 Å². The summed E-state index contributed by atoms with van der Waals surface area (Å²) in [5, 5.41) is 0. The molecule has 3 aromatic rings. The van der Waals surface area contributed by atoms with Crippen molar-refractivity contribution in [1.82, 2.24) is 4.98 Å². The molecule has 2 heterocycles. The first-order valence-corrected chi connectivity index (χ1v) is 7.14. The number of nitrogens with zero attached hydrogens (tertiary/aromatic N) is 1. The lowest BCUT2D eigenvalue weighted by molar-refractivity contribution is -0.137. The zero-order valence-corrected chi connectivity index (χ0v) is 12.2. The SMILES string of the molecule is FC(F)(F)c1ccc(-c2cccc3c2Oc2ccccc2O3)nc1. The van der Waals surface area contributed by atoms with E-state index in [9.17, 15) is 13.2 Å². The maximum atomic E-state index is 12.7. The molecule has 0 aliphatic carbocycles. The minimum atomic E-state index is -4.42. The van der Waals surface area contributed by atoms with Gasteiger partial charge < -0.3 is 9.47 Å². The maximum Gasteiger partial charge on any atom is 0.417 e. The molecule has 1 aliphatic rings. The number of hydrogen-bond acceptors (Lipinski definition) is 3. The summed E-state index contributed by atoms with van der Waals surface area (Å²) in [5.41, 5.74) is 0.150. The van der Waals surface area contributed by atoms with Crippen molar-refractivity contribution >= 4 is 0 Å². The molecule has 0 N–H and O–H groups in total. The molecule has 0 atom stereocenters. The predicted octanol–water partition coefficient (Wildman–Crippen LogP) is 5.67. The third kappa shape index (κ3) is 2.46. The predicted molar refractivity (Wildman–Crippen MR) is 81.3 cm³/mol. The summed E-state index contributed by atoms with van der Waals surface area (Å²) in [6.45, 7) is 0. The van der Waals surface area contributed by atoms with Crippen LogP contribution >= 0.6 is 0 Å². The van der Waals surface area contributed by atoms with Crippen LogP contribution in [0.2, 0.25) is 0 Å². The molecule has 0 bridgehead atoms. The van der Waals surface area contributed by atoms with Crippen LogP contribution in [0.15, 0.2) is 60.8 Å². The molecule has 0 fully saturated rings. The molecule has 0 spiro atoms. The second-order valence-electron chi connectivity index (χ2n) is 5.21. The monoisotopic (exact) mass is 329 g/mol. The third-order valence-corrected chi connectivity index (χ3v) is 3.63. The summed E-state index contributed by atoms with van der Waals surface area (Å²) in [5.74, 6) is 2.06. The average Bonchev–Trinajstić information content (AvgIpc) is 2.59. The summed E-state index contributed by atoms with van der Waals surface area (Å²) in [7, 11) is 0. The number of alkyl halides is 3. The van der Waals surface area contributed by atoms with Gasteiger partial charge in [0.1, 0.15) is 0 Å². The summed E-state index contributed by atoms with van der Waals surface area (Å²) >= 11 is 0.